The second kappa shape index (κ2) is 9.19. The number of methoxy groups -OCH3 is 2. The molecule has 0 amide bonds. The fraction of sp³-hybridized carbons (Fsp3) is 0.154. The number of ether oxygens (including phenoxy) is 2. The molecule has 34 heavy (non-hydrogen) atoms. The normalized spacial score (nSPS) is 12.6. The van der Waals surface area contributed by atoms with E-state index in [0.717, 1.165) is 21.6 Å². The Hall–Kier alpha value is -4.46. The third-order valence-corrected chi connectivity index (χ3v) is 5.43. The van der Waals surface area contributed by atoms with Gasteiger partial charge in [-0.15, -0.1) is 0 Å². The zero-order chi connectivity index (χ0) is 26.0. The summed E-state index contributed by atoms with van der Waals surface area (Å²) in [7, 11) is 3.19. The highest BCUT2D eigenvalue weighted by Crippen LogP contribution is 2.35. The highest BCUT2D eigenvalue weighted by molar-refractivity contribution is 5.94. The summed E-state index contributed by atoms with van der Waals surface area (Å²) >= 11 is 0. The van der Waals surface area contributed by atoms with Crippen molar-refractivity contribution < 1.29 is 13.6 Å². The molecule has 8 heteroatoms. The van der Waals surface area contributed by atoms with Crippen molar-refractivity contribution >= 4 is 16.9 Å². The number of hydrogen-bond acceptors (Lipinski definition) is 7. The summed E-state index contributed by atoms with van der Waals surface area (Å²) in [5.41, 5.74) is 4.32. The van der Waals surface area contributed by atoms with Crippen LogP contribution in [-0.2, 0) is 13.5 Å². The second-order valence-electron chi connectivity index (χ2n) is 7.53. The molecule has 0 bridgehead atoms. The van der Waals surface area contributed by atoms with Gasteiger partial charge in [-0.25, -0.2) is 15.0 Å². The highest BCUT2D eigenvalue weighted by Gasteiger charge is 2.19. The molecule has 0 fully saturated rings. The molecule has 0 unspecified atom stereocenters. The van der Waals surface area contributed by atoms with Gasteiger partial charge in [0.05, 0.1) is 19.7 Å². The number of nitrogens with one attached hydrogen (secondary N) is 1. The van der Waals surface area contributed by atoms with Crippen LogP contribution in [0.5, 0.6) is 11.5 Å². The van der Waals surface area contributed by atoms with E-state index in [4.69, 9.17) is 18.6 Å². The fourth-order valence-electron chi connectivity index (χ4n) is 3.73. The summed E-state index contributed by atoms with van der Waals surface area (Å²) in [6.07, 6.45) is 2.90. The molecule has 3 aromatic heterocycles. The average Bonchev–Trinajstić information content (AvgIpc) is 3.38. The summed E-state index contributed by atoms with van der Waals surface area (Å²) in [5.74, 6) is 1.80. The maximum Gasteiger partial charge on any atom is 0.169 e. The van der Waals surface area contributed by atoms with Crippen molar-refractivity contribution in [3.8, 4) is 34.0 Å². The van der Waals surface area contributed by atoms with Crippen molar-refractivity contribution in [1.82, 2.24) is 24.7 Å². The summed E-state index contributed by atoms with van der Waals surface area (Å²) in [4.78, 5) is 13.7. The molecule has 0 radical (unpaired) electrons. The predicted molar refractivity (Wildman–Crippen MR) is 132 cm³/mol. The molecule has 8 nitrogen and oxygen atoms in total. The van der Waals surface area contributed by atoms with Crippen LogP contribution < -0.4 is 14.8 Å². The summed E-state index contributed by atoms with van der Waals surface area (Å²) in [6.45, 7) is -1.96. The Morgan fingerprint density at radius 2 is 1.79 bits per heavy atom. The van der Waals surface area contributed by atoms with Crippen LogP contribution in [0.15, 0.2) is 73.2 Å². The molecule has 3 heterocycles. The van der Waals surface area contributed by atoms with Crippen LogP contribution in [0.3, 0.4) is 0 Å². The van der Waals surface area contributed by atoms with Crippen molar-refractivity contribution in [2.75, 3.05) is 19.5 Å². The first kappa shape index (κ1) is 18.0. The standard InChI is InChI=1S/C26H24N6O2/c1-32-15-20(23(31-32)18-7-5-4-6-8-18)24-25-21(28-16-29-24)13-22(34-3)26(30-25)27-14-17-9-11-19(33-2)12-10-17/h4-13,15-16H,14H2,1-3H3,(H,27,30)/i1D3. The lowest BCUT2D eigenvalue weighted by Crippen LogP contribution is -2.05. The van der Waals surface area contributed by atoms with Crippen molar-refractivity contribution in [3.05, 3.63) is 78.8 Å². The number of anilines is 1. The largest absolute Gasteiger partial charge is 0.497 e. The minimum atomic E-state index is -2.45. The van der Waals surface area contributed by atoms with E-state index in [1.165, 1.54) is 12.5 Å². The van der Waals surface area contributed by atoms with Crippen LogP contribution in [0.25, 0.3) is 33.5 Å². The third kappa shape index (κ3) is 4.13. The molecule has 5 rings (SSSR count). The van der Waals surface area contributed by atoms with Crippen LogP contribution in [-0.4, -0.2) is 39.0 Å². The molecule has 0 saturated heterocycles. The number of rotatable bonds is 7. The minimum absolute atomic E-state index is 0.467. The van der Waals surface area contributed by atoms with Gasteiger partial charge in [-0.05, 0) is 17.7 Å². The Balaban J connectivity index is 1.61. The van der Waals surface area contributed by atoms with E-state index < -0.39 is 6.98 Å². The van der Waals surface area contributed by atoms with Gasteiger partial charge in [0, 0.05) is 41.0 Å². The number of pyridine rings is 1. The Labute approximate surface area is 201 Å². The third-order valence-electron chi connectivity index (χ3n) is 5.43. The molecular weight excluding hydrogens is 428 g/mol. The molecule has 0 aliphatic heterocycles. The summed E-state index contributed by atoms with van der Waals surface area (Å²) in [6, 6.07) is 18.9. The molecule has 170 valence electrons. The Morgan fingerprint density at radius 1 is 0.971 bits per heavy atom. The van der Waals surface area contributed by atoms with Gasteiger partial charge in [-0.2, -0.15) is 5.10 Å². The molecule has 0 aliphatic rings. The molecule has 0 aliphatic carbocycles. The molecule has 0 saturated carbocycles. The van der Waals surface area contributed by atoms with E-state index in [-0.39, 0.29) is 0 Å². The maximum atomic E-state index is 7.87. The molecule has 0 atom stereocenters. The number of aromatic nitrogens is 5. The molecule has 2 aromatic carbocycles. The smallest absolute Gasteiger partial charge is 0.169 e. The van der Waals surface area contributed by atoms with Gasteiger partial charge in [-0.1, -0.05) is 42.5 Å². The van der Waals surface area contributed by atoms with Gasteiger partial charge in [0.25, 0.3) is 0 Å². The molecule has 1 N–H and O–H groups in total. The Morgan fingerprint density at radius 3 is 2.53 bits per heavy atom. The van der Waals surface area contributed by atoms with Crippen LogP contribution in [0.2, 0.25) is 0 Å². The van der Waals surface area contributed by atoms with Gasteiger partial charge in [0.2, 0.25) is 0 Å². The minimum Gasteiger partial charge on any atom is -0.497 e. The quantitative estimate of drug-likeness (QED) is 0.380. The summed E-state index contributed by atoms with van der Waals surface area (Å²) < 4.78 is 35.4. The Kier molecular flexibility index (Phi) is 4.87. The van der Waals surface area contributed by atoms with Gasteiger partial charge >= 0.3 is 0 Å². The van der Waals surface area contributed by atoms with Gasteiger partial charge in [-0.3, -0.25) is 4.68 Å². The van der Waals surface area contributed by atoms with Crippen LogP contribution in [0, 0.1) is 0 Å². The van der Waals surface area contributed by atoms with E-state index >= 15 is 0 Å². The molecule has 0 spiro atoms. The maximum absolute atomic E-state index is 7.87. The average molecular weight is 456 g/mol. The first-order chi connectivity index (χ1) is 17.9. The van der Waals surface area contributed by atoms with Crippen molar-refractivity contribution in [1.29, 1.82) is 0 Å². The first-order valence-corrected chi connectivity index (χ1v) is 10.6. The monoisotopic (exact) mass is 455 g/mol. The highest BCUT2D eigenvalue weighted by atomic mass is 16.5. The topological polar surface area (TPSA) is 87.0 Å². The number of aryl methyl sites for hydroxylation is 1. The van der Waals surface area contributed by atoms with Crippen LogP contribution >= 0.6 is 0 Å². The fourth-order valence-corrected chi connectivity index (χ4v) is 3.73. The van der Waals surface area contributed by atoms with Crippen LogP contribution in [0.1, 0.15) is 9.68 Å². The SMILES string of the molecule is [2H]C([2H])([2H])n1cc(-c2ncnc3cc(OC)c(NCc4ccc(OC)cc4)nc23)c(-c2ccccc2)n1. The van der Waals surface area contributed by atoms with E-state index in [2.05, 4.69) is 20.4 Å². The van der Waals surface area contributed by atoms with Gasteiger partial charge in [0.1, 0.15) is 29.0 Å². The van der Waals surface area contributed by atoms with Crippen molar-refractivity contribution in [2.24, 2.45) is 6.98 Å². The van der Waals surface area contributed by atoms with Crippen molar-refractivity contribution in [3.63, 3.8) is 0 Å². The number of hydrogen-bond donors (Lipinski definition) is 1. The second-order valence-corrected chi connectivity index (χ2v) is 7.53. The Bertz CT molecular complexity index is 1540. The zero-order valence-electron chi connectivity index (χ0n) is 21.7. The van der Waals surface area contributed by atoms with E-state index in [9.17, 15) is 0 Å². The van der Waals surface area contributed by atoms with Gasteiger partial charge in [0.15, 0.2) is 11.6 Å². The summed E-state index contributed by atoms with van der Waals surface area (Å²) in [5, 5.41) is 7.72. The first-order valence-electron chi connectivity index (χ1n) is 12.1. The lowest BCUT2D eigenvalue weighted by atomic mass is 10.0. The van der Waals surface area contributed by atoms with Crippen LogP contribution in [0.4, 0.5) is 5.82 Å². The van der Waals surface area contributed by atoms with Crippen molar-refractivity contribution in [2.45, 2.75) is 6.54 Å². The van der Waals surface area contributed by atoms with E-state index in [0.29, 0.717) is 46.1 Å². The lowest BCUT2D eigenvalue weighted by Gasteiger charge is -2.13. The predicted octanol–water partition coefficient (Wildman–Crippen LogP) is 4.72. The number of fused-ring (bicyclic) bond motifs is 1. The number of nitrogens with zero attached hydrogens (tertiary/aromatic N) is 5. The number of benzene rings is 2. The van der Waals surface area contributed by atoms with E-state index in [1.54, 1.807) is 20.3 Å². The zero-order valence-corrected chi connectivity index (χ0v) is 18.7. The van der Waals surface area contributed by atoms with Gasteiger partial charge < -0.3 is 14.8 Å². The molecular formula is C26H24N6O2. The molecule has 5 aromatic rings. The lowest BCUT2D eigenvalue weighted by molar-refractivity contribution is 0.414. The van der Waals surface area contributed by atoms with E-state index in [1.807, 2.05) is 54.6 Å².